The summed E-state index contributed by atoms with van der Waals surface area (Å²) in [5.41, 5.74) is -0.145. The van der Waals surface area contributed by atoms with Crippen LogP contribution in [0.15, 0.2) is 0 Å². The van der Waals surface area contributed by atoms with Crippen molar-refractivity contribution in [3.8, 4) is 0 Å². The lowest BCUT2D eigenvalue weighted by Crippen LogP contribution is -2.25. The fourth-order valence-electron chi connectivity index (χ4n) is 1.09. The molecule has 0 rings (SSSR count). The van der Waals surface area contributed by atoms with E-state index in [9.17, 15) is 0 Å². The van der Waals surface area contributed by atoms with Crippen molar-refractivity contribution in [1.29, 1.82) is 0 Å². The molecule has 0 aromatic carbocycles. The summed E-state index contributed by atoms with van der Waals surface area (Å²) < 4.78 is 5.72. The average Bonchev–Trinajstić information content (AvgIpc) is 1.84. The van der Waals surface area contributed by atoms with Gasteiger partial charge in [0.2, 0.25) is 4.38 Å². The fraction of sp³-hybridized carbons (Fsp3) is 0.889. The molecule has 12 heavy (non-hydrogen) atoms. The number of ether oxygens (including phenoxy) is 1. The number of hydrogen-bond acceptors (Lipinski definition) is 2. The Morgan fingerprint density at radius 2 is 2.00 bits per heavy atom. The molecular formula is C9H18OS2. The monoisotopic (exact) mass is 206 g/mol. The molecule has 1 nitrogen and oxygen atoms in total. The molecule has 0 amide bonds. The molecule has 0 heterocycles. The lowest BCUT2D eigenvalue weighted by atomic mass is 10.0. The van der Waals surface area contributed by atoms with Crippen LogP contribution in [0.2, 0.25) is 0 Å². The molecule has 3 heteroatoms. The molecule has 0 aliphatic heterocycles. The van der Waals surface area contributed by atoms with Gasteiger partial charge in [-0.1, -0.05) is 32.4 Å². The second-order valence-electron chi connectivity index (χ2n) is 3.58. The van der Waals surface area contributed by atoms with Crippen LogP contribution in [-0.4, -0.2) is 9.98 Å². The van der Waals surface area contributed by atoms with E-state index in [0.29, 0.717) is 4.38 Å². The van der Waals surface area contributed by atoms with Crippen molar-refractivity contribution < 1.29 is 4.74 Å². The van der Waals surface area contributed by atoms with E-state index in [0.717, 1.165) is 6.42 Å². The van der Waals surface area contributed by atoms with Crippen LogP contribution in [0.4, 0.5) is 0 Å². The minimum atomic E-state index is -0.145. The van der Waals surface area contributed by atoms with Gasteiger partial charge < -0.3 is 4.74 Å². The van der Waals surface area contributed by atoms with E-state index in [1.54, 1.807) is 0 Å². The van der Waals surface area contributed by atoms with Gasteiger partial charge in [0.15, 0.2) is 0 Å². The van der Waals surface area contributed by atoms with Crippen molar-refractivity contribution in [3.63, 3.8) is 0 Å². The van der Waals surface area contributed by atoms with Crippen LogP contribution < -0.4 is 0 Å². The predicted octanol–water partition coefficient (Wildman–Crippen LogP) is 3.58. The summed E-state index contributed by atoms with van der Waals surface area (Å²) in [6, 6.07) is 0. The molecule has 0 saturated heterocycles. The Bertz CT molecular complexity index is 143. The van der Waals surface area contributed by atoms with E-state index in [2.05, 4.69) is 19.6 Å². The summed E-state index contributed by atoms with van der Waals surface area (Å²) in [6.07, 6.45) is 4.73. The molecule has 0 aliphatic rings. The van der Waals surface area contributed by atoms with Gasteiger partial charge in [-0.25, -0.2) is 0 Å². The molecular weight excluding hydrogens is 188 g/mol. The van der Waals surface area contributed by atoms with E-state index >= 15 is 0 Å². The van der Waals surface area contributed by atoms with Crippen molar-refractivity contribution in [2.75, 3.05) is 0 Å². The summed E-state index contributed by atoms with van der Waals surface area (Å²) in [5, 5.41) is 0. The van der Waals surface area contributed by atoms with Gasteiger partial charge in [-0.3, -0.25) is 0 Å². The first-order valence-electron chi connectivity index (χ1n) is 4.40. The summed E-state index contributed by atoms with van der Waals surface area (Å²) >= 11 is 8.71. The van der Waals surface area contributed by atoms with Crippen LogP contribution >= 0.6 is 24.8 Å². The highest BCUT2D eigenvalue weighted by Gasteiger charge is 2.18. The topological polar surface area (TPSA) is 9.23 Å². The maximum Gasteiger partial charge on any atom is 0.217 e. The zero-order valence-corrected chi connectivity index (χ0v) is 9.80. The van der Waals surface area contributed by atoms with E-state index in [4.69, 9.17) is 17.0 Å². The van der Waals surface area contributed by atoms with Crippen LogP contribution in [0.25, 0.3) is 0 Å². The Labute approximate surface area is 86.3 Å². The highest BCUT2D eigenvalue weighted by molar-refractivity contribution is 8.10. The average molecular weight is 206 g/mol. The second-order valence-corrected chi connectivity index (χ2v) is 4.66. The van der Waals surface area contributed by atoms with Crippen LogP contribution in [0.1, 0.15) is 46.5 Å². The Kier molecular flexibility index (Phi) is 5.93. The van der Waals surface area contributed by atoms with Crippen molar-refractivity contribution >= 4 is 29.2 Å². The number of thiocarbonyl (C=S) groups is 1. The minimum Gasteiger partial charge on any atom is -0.473 e. The normalized spacial score (nSPS) is 11.3. The van der Waals surface area contributed by atoms with E-state index in [1.165, 1.54) is 19.3 Å². The summed E-state index contributed by atoms with van der Waals surface area (Å²) in [6.45, 7) is 6.29. The van der Waals surface area contributed by atoms with E-state index in [-0.39, 0.29) is 5.60 Å². The molecule has 0 bridgehead atoms. The minimum absolute atomic E-state index is 0.145. The van der Waals surface area contributed by atoms with Crippen LogP contribution in [0.3, 0.4) is 0 Å². The standard InChI is InChI=1S/C9H18OS2/c1-4-5-6-7-9(2,3)10-8(11)12/h4-7H2,1-3H3,(H,11,12). The molecule has 0 saturated carbocycles. The first-order chi connectivity index (χ1) is 5.48. The zero-order valence-electron chi connectivity index (χ0n) is 8.09. The molecule has 0 radical (unpaired) electrons. The van der Waals surface area contributed by atoms with Crippen molar-refractivity contribution in [2.45, 2.75) is 52.1 Å². The highest BCUT2D eigenvalue weighted by Crippen LogP contribution is 2.19. The first-order valence-corrected chi connectivity index (χ1v) is 5.25. The van der Waals surface area contributed by atoms with Gasteiger partial charge in [0.25, 0.3) is 0 Å². The lowest BCUT2D eigenvalue weighted by Gasteiger charge is -2.25. The third-order valence-corrected chi connectivity index (χ3v) is 1.92. The van der Waals surface area contributed by atoms with Gasteiger partial charge in [0.05, 0.1) is 0 Å². The fourth-order valence-corrected chi connectivity index (χ4v) is 1.56. The molecule has 0 atom stereocenters. The summed E-state index contributed by atoms with van der Waals surface area (Å²) in [4.78, 5) is 0. The largest absolute Gasteiger partial charge is 0.473 e. The van der Waals surface area contributed by atoms with Crippen LogP contribution in [-0.2, 0) is 4.74 Å². The molecule has 0 fully saturated rings. The summed E-state index contributed by atoms with van der Waals surface area (Å²) in [7, 11) is 0. The molecule has 0 spiro atoms. The Morgan fingerprint density at radius 1 is 1.42 bits per heavy atom. The van der Waals surface area contributed by atoms with E-state index in [1.807, 2.05) is 13.8 Å². The van der Waals surface area contributed by atoms with Gasteiger partial charge in [-0.15, -0.1) is 0 Å². The SMILES string of the molecule is CCCCCC(C)(C)OC(=S)S. The Hall–Kier alpha value is 0.240. The predicted molar refractivity (Wildman–Crippen MR) is 60.9 cm³/mol. The van der Waals surface area contributed by atoms with Crippen molar-refractivity contribution in [2.24, 2.45) is 0 Å². The number of hydrogen-bond donors (Lipinski definition) is 1. The third-order valence-electron chi connectivity index (χ3n) is 1.75. The quantitative estimate of drug-likeness (QED) is 0.418. The molecule has 0 unspecified atom stereocenters. The summed E-state index contributed by atoms with van der Waals surface area (Å²) in [5.74, 6) is 0. The lowest BCUT2D eigenvalue weighted by molar-refractivity contribution is 0.0925. The van der Waals surface area contributed by atoms with Crippen molar-refractivity contribution in [1.82, 2.24) is 0 Å². The van der Waals surface area contributed by atoms with Gasteiger partial charge in [0, 0.05) is 0 Å². The second kappa shape index (κ2) is 5.81. The first kappa shape index (κ1) is 12.2. The smallest absolute Gasteiger partial charge is 0.217 e. The number of rotatable bonds is 5. The van der Waals surface area contributed by atoms with Crippen molar-refractivity contribution in [3.05, 3.63) is 0 Å². The van der Waals surface area contributed by atoms with Gasteiger partial charge >= 0.3 is 0 Å². The van der Waals surface area contributed by atoms with Crippen LogP contribution in [0, 0.1) is 0 Å². The molecule has 0 N–H and O–H groups in total. The van der Waals surface area contributed by atoms with Gasteiger partial charge in [-0.2, -0.15) is 0 Å². The highest BCUT2D eigenvalue weighted by atomic mass is 32.1. The maximum absolute atomic E-state index is 5.38. The molecule has 0 aliphatic carbocycles. The Balaban J connectivity index is 3.63. The van der Waals surface area contributed by atoms with Gasteiger partial charge in [0.1, 0.15) is 5.60 Å². The van der Waals surface area contributed by atoms with E-state index < -0.39 is 0 Å². The molecule has 72 valence electrons. The third kappa shape index (κ3) is 6.92. The zero-order chi connectivity index (χ0) is 9.61. The maximum atomic E-state index is 5.38. The number of unbranched alkanes of at least 4 members (excludes halogenated alkanes) is 2. The molecule has 0 aromatic rings. The number of thiol groups is 1. The van der Waals surface area contributed by atoms with Crippen LogP contribution in [0.5, 0.6) is 0 Å². The molecule has 0 aromatic heterocycles. The van der Waals surface area contributed by atoms with Gasteiger partial charge in [-0.05, 0) is 38.9 Å². The Morgan fingerprint density at radius 3 is 2.42 bits per heavy atom.